The first-order chi connectivity index (χ1) is 8.88. The summed E-state index contributed by atoms with van der Waals surface area (Å²) in [5.41, 5.74) is 0.989. The summed E-state index contributed by atoms with van der Waals surface area (Å²) >= 11 is 4.75. The summed E-state index contributed by atoms with van der Waals surface area (Å²) in [5.74, 6) is -1.19. The highest BCUT2D eigenvalue weighted by Gasteiger charge is 2.16. The van der Waals surface area contributed by atoms with Gasteiger partial charge in [0.2, 0.25) is 0 Å². The van der Waals surface area contributed by atoms with Crippen molar-refractivity contribution < 1.29 is 8.78 Å². The first kappa shape index (κ1) is 14.5. The zero-order chi connectivity index (χ0) is 14.2. The van der Waals surface area contributed by atoms with Crippen LogP contribution >= 0.6 is 27.3 Å². The van der Waals surface area contributed by atoms with Gasteiger partial charge in [-0.3, -0.25) is 0 Å². The Hall–Kier alpha value is -0.940. The van der Waals surface area contributed by atoms with E-state index in [9.17, 15) is 8.78 Å². The van der Waals surface area contributed by atoms with Crippen molar-refractivity contribution in [2.45, 2.75) is 26.8 Å². The first-order valence-electron chi connectivity index (χ1n) is 5.86. The van der Waals surface area contributed by atoms with Crippen molar-refractivity contribution in [2.24, 2.45) is 0 Å². The number of hydrogen-bond acceptors (Lipinski definition) is 2. The molecular weight excluding hydrogens is 332 g/mol. The molecular formula is C14H14BrF2NS. The van der Waals surface area contributed by atoms with Gasteiger partial charge >= 0.3 is 0 Å². The molecule has 0 saturated carbocycles. The monoisotopic (exact) mass is 345 g/mol. The maximum Gasteiger partial charge on any atom is 0.150 e. The molecule has 0 spiro atoms. The molecule has 19 heavy (non-hydrogen) atoms. The SMILES string of the molecule is Cc1cc(C(C)Nc2c(F)cc(Br)cc2F)c(C)s1. The van der Waals surface area contributed by atoms with Crippen molar-refractivity contribution in [1.29, 1.82) is 0 Å². The second kappa shape index (κ2) is 5.59. The van der Waals surface area contributed by atoms with Crippen LogP contribution in [0.2, 0.25) is 0 Å². The van der Waals surface area contributed by atoms with Gasteiger partial charge in [0.25, 0.3) is 0 Å². The number of anilines is 1. The lowest BCUT2D eigenvalue weighted by Crippen LogP contribution is -2.09. The van der Waals surface area contributed by atoms with E-state index in [1.807, 2.05) is 26.8 Å². The number of benzene rings is 1. The van der Waals surface area contributed by atoms with Crippen LogP contribution in [-0.2, 0) is 0 Å². The van der Waals surface area contributed by atoms with E-state index in [-0.39, 0.29) is 11.7 Å². The summed E-state index contributed by atoms with van der Waals surface area (Å²) in [7, 11) is 0. The van der Waals surface area contributed by atoms with Crippen molar-refractivity contribution in [3.8, 4) is 0 Å². The fourth-order valence-corrected chi connectivity index (χ4v) is 3.48. The Balaban J connectivity index is 2.29. The maximum atomic E-state index is 13.8. The lowest BCUT2D eigenvalue weighted by atomic mass is 10.1. The Morgan fingerprint density at radius 3 is 2.21 bits per heavy atom. The van der Waals surface area contributed by atoms with Crippen LogP contribution in [0.1, 0.15) is 28.3 Å². The van der Waals surface area contributed by atoms with Crippen molar-refractivity contribution in [3.63, 3.8) is 0 Å². The molecule has 1 aromatic carbocycles. The number of thiophene rings is 1. The zero-order valence-electron chi connectivity index (χ0n) is 10.9. The molecule has 0 fully saturated rings. The Morgan fingerprint density at radius 1 is 1.16 bits per heavy atom. The molecule has 5 heteroatoms. The summed E-state index contributed by atoms with van der Waals surface area (Å²) in [5, 5.41) is 2.91. The molecule has 0 aliphatic rings. The summed E-state index contributed by atoms with van der Waals surface area (Å²) in [4.78, 5) is 2.35. The van der Waals surface area contributed by atoms with E-state index in [1.165, 1.54) is 17.0 Å². The zero-order valence-corrected chi connectivity index (χ0v) is 13.3. The van der Waals surface area contributed by atoms with Gasteiger partial charge in [-0.05, 0) is 44.5 Å². The number of nitrogens with one attached hydrogen (secondary N) is 1. The summed E-state index contributed by atoms with van der Waals surface area (Å²) in [6.45, 7) is 5.93. The highest BCUT2D eigenvalue weighted by Crippen LogP contribution is 2.31. The lowest BCUT2D eigenvalue weighted by molar-refractivity contribution is 0.583. The topological polar surface area (TPSA) is 12.0 Å². The predicted octanol–water partition coefficient (Wildman–Crippen LogP) is 5.58. The van der Waals surface area contributed by atoms with Crippen LogP contribution in [0.3, 0.4) is 0 Å². The fourth-order valence-electron chi connectivity index (χ4n) is 2.05. The van der Waals surface area contributed by atoms with Gasteiger partial charge in [-0.15, -0.1) is 11.3 Å². The van der Waals surface area contributed by atoms with E-state index >= 15 is 0 Å². The van der Waals surface area contributed by atoms with Crippen molar-refractivity contribution in [1.82, 2.24) is 0 Å². The van der Waals surface area contributed by atoms with Crippen LogP contribution in [0, 0.1) is 25.5 Å². The Labute approximate surface area is 123 Å². The average Bonchev–Trinajstić information content (AvgIpc) is 2.62. The lowest BCUT2D eigenvalue weighted by Gasteiger charge is -2.16. The third kappa shape index (κ3) is 3.15. The smallest absolute Gasteiger partial charge is 0.150 e. The van der Waals surface area contributed by atoms with Gasteiger partial charge < -0.3 is 5.32 Å². The first-order valence-corrected chi connectivity index (χ1v) is 7.47. The van der Waals surface area contributed by atoms with Crippen LogP contribution in [0.15, 0.2) is 22.7 Å². The van der Waals surface area contributed by atoms with E-state index in [1.54, 1.807) is 11.3 Å². The molecule has 0 amide bonds. The van der Waals surface area contributed by atoms with Gasteiger partial charge in [0.15, 0.2) is 0 Å². The van der Waals surface area contributed by atoms with Crippen molar-refractivity contribution >= 4 is 33.0 Å². The molecule has 0 aliphatic heterocycles. The van der Waals surface area contributed by atoms with Crippen LogP contribution in [0.5, 0.6) is 0 Å². The minimum atomic E-state index is -0.594. The standard InChI is InChI=1S/C14H14BrF2NS/c1-7-4-11(9(3)19-7)8(2)18-14-12(16)5-10(15)6-13(14)17/h4-6,8,18H,1-3H3. The van der Waals surface area contributed by atoms with E-state index in [0.717, 1.165) is 10.4 Å². The quantitative estimate of drug-likeness (QED) is 0.765. The molecule has 102 valence electrons. The van der Waals surface area contributed by atoms with Gasteiger partial charge in [-0.25, -0.2) is 8.78 Å². The number of rotatable bonds is 3. The summed E-state index contributed by atoms with van der Waals surface area (Å²) < 4.78 is 27.9. The number of hydrogen-bond donors (Lipinski definition) is 1. The molecule has 0 radical (unpaired) electrons. The molecule has 1 nitrogen and oxygen atoms in total. The second-order valence-electron chi connectivity index (χ2n) is 4.48. The largest absolute Gasteiger partial charge is 0.374 e. The third-order valence-electron chi connectivity index (χ3n) is 2.91. The van der Waals surface area contributed by atoms with E-state index < -0.39 is 11.6 Å². The molecule has 2 aromatic rings. The maximum absolute atomic E-state index is 13.8. The molecule has 1 unspecified atom stereocenters. The summed E-state index contributed by atoms with van der Waals surface area (Å²) in [6.07, 6.45) is 0. The highest BCUT2D eigenvalue weighted by atomic mass is 79.9. The molecule has 1 N–H and O–H groups in total. The number of halogens is 3. The van der Waals surface area contributed by atoms with E-state index in [2.05, 4.69) is 21.2 Å². The molecule has 1 atom stereocenters. The van der Waals surface area contributed by atoms with Gasteiger partial charge in [-0.2, -0.15) is 0 Å². The van der Waals surface area contributed by atoms with Gasteiger partial charge in [0.05, 0.1) is 0 Å². The number of aryl methyl sites for hydroxylation is 2. The van der Waals surface area contributed by atoms with Crippen LogP contribution in [-0.4, -0.2) is 0 Å². The van der Waals surface area contributed by atoms with E-state index in [4.69, 9.17) is 0 Å². The van der Waals surface area contributed by atoms with Gasteiger partial charge in [0.1, 0.15) is 17.3 Å². The van der Waals surface area contributed by atoms with Crippen molar-refractivity contribution in [3.05, 3.63) is 49.6 Å². The fraction of sp³-hybridized carbons (Fsp3) is 0.286. The average molecular weight is 346 g/mol. The van der Waals surface area contributed by atoms with Gasteiger partial charge in [0, 0.05) is 20.3 Å². The predicted molar refractivity (Wildman–Crippen MR) is 79.9 cm³/mol. The second-order valence-corrected chi connectivity index (χ2v) is 6.86. The van der Waals surface area contributed by atoms with Crippen LogP contribution in [0.4, 0.5) is 14.5 Å². The molecule has 0 saturated heterocycles. The Bertz CT molecular complexity index is 586. The van der Waals surface area contributed by atoms with Crippen molar-refractivity contribution in [2.75, 3.05) is 5.32 Å². The minimum absolute atomic E-state index is 0.0843. The van der Waals surface area contributed by atoms with Gasteiger partial charge in [-0.1, -0.05) is 15.9 Å². The van der Waals surface area contributed by atoms with Crippen LogP contribution < -0.4 is 5.32 Å². The van der Waals surface area contributed by atoms with Crippen LogP contribution in [0.25, 0.3) is 0 Å². The third-order valence-corrected chi connectivity index (χ3v) is 4.35. The molecule has 1 aromatic heterocycles. The molecule has 0 aliphatic carbocycles. The van der Waals surface area contributed by atoms with E-state index in [0.29, 0.717) is 4.47 Å². The summed E-state index contributed by atoms with van der Waals surface area (Å²) in [6, 6.07) is 4.41. The normalized spacial score (nSPS) is 12.5. The molecule has 0 bridgehead atoms. The minimum Gasteiger partial charge on any atom is -0.374 e. The molecule has 1 heterocycles. The molecule has 2 rings (SSSR count). The Morgan fingerprint density at radius 2 is 1.74 bits per heavy atom. The Kier molecular flexibility index (Phi) is 4.26. The highest BCUT2D eigenvalue weighted by molar-refractivity contribution is 9.10.